The minimum absolute atomic E-state index is 0.0624. The number of nitrogens with zero attached hydrogens (tertiary/aromatic N) is 3. The van der Waals surface area contributed by atoms with Crippen LogP contribution in [0.5, 0.6) is 17.2 Å². The Morgan fingerprint density at radius 2 is 1.76 bits per heavy atom. The topological polar surface area (TPSA) is 64.1 Å². The summed E-state index contributed by atoms with van der Waals surface area (Å²) < 4.78 is 18.2. The van der Waals surface area contributed by atoms with Gasteiger partial charge in [-0.25, -0.2) is 4.98 Å². The number of unbranched alkanes of at least 4 members (excludes halogenated alkanes) is 2. The molecule has 1 amide bonds. The largest absolute Gasteiger partial charge is 0.494 e. The molecule has 0 saturated heterocycles. The van der Waals surface area contributed by atoms with Gasteiger partial charge < -0.3 is 19.1 Å². The molecule has 0 aliphatic carbocycles. The van der Waals surface area contributed by atoms with E-state index in [4.69, 9.17) is 19.2 Å². The highest BCUT2D eigenvalue weighted by atomic mass is 32.1. The number of anilines is 1. The van der Waals surface area contributed by atoms with Gasteiger partial charge in [-0.3, -0.25) is 9.69 Å². The second-order valence-corrected chi connectivity index (χ2v) is 9.66. The van der Waals surface area contributed by atoms with Gasteiger partial charge in [0.05, 0.1) is 16.8 Å². The van der Waals surface area contributed by atoms with Crippen LogP contribution in [0.15, 0.2) is 36.4 Å². The van der Waals surface area contributed by atoms with Crippen molar-refractivity contribution in [3.05, 3.63) is 42.0 Å². The Kier molecular flexibility index (Phi) is 8.24. The Bertz CT molecular complexity index is 1050. The first kappa shape index (κ1) is 24.3. The molecule has 8 heteroatoms. The molecule has 0 saturated carbocycles. The van der Waals surface area contributed by atoms with E-state index in [1.165, 1.54) is 11.3 Å². The van der Waals surface area contributed by atoms with E-state index in [1.807, 2.05) is 50.5 Å². The van der Waals surface area contributed by atoms with Crippen LogP contribution in [-0.4, -0.2) is 62.8 Å². The van der Waals surface area contributed by atoms with E-state index in [-0.39, 0.29) is 5.91 Å². The zero-order chi connectivity index (χ0) is 23.9. The van der Waals surface area contributed by atoms with E-state index in [9.17, 15) is 4.79 Å². The van der Waals surface area contributed by atoms with Crippen LogP contribution in [-0.2, 0) is 0 Å². The average Bonchev–Trinajstić information content (AvgIpc) is 3.25. The van der Waals surface area contributed by atoms with E-state index in [0.29, 0.717) is 42.8 Å². The number of hydrogen-bond acceptors (Lipinski definition) is 7. The number of thiazole rings is 1. The van der Waals surface area contributed by atoms with Gasteiger partial charge in [-0.1, -0.05) is 31.1 Å². The molecule has 7 nitrogen and oxygen atoms in total. The maximum atomic E-state index is 13.6. The quantitative estimate of drug-likeness (QED) is 0.348. The van der Waals surface area contributed by atoms with E-state index < -0.39 is 0 Å². The predicted molar refractivity (Wildman–Crippen MR) is 137 cm³/mol. The summed E-state index contributed by atoms with van der Waals surface area (Å²) in [6.07, 6.45) is 4.20. The lowest BCUT2D eigenvalue weighted by Gasteiger charge is -2.21. The summed E-state index contributed by atoms with van der Waals surface area (Å²) in [7, 11) is 4.07. The number of fused-ring (bicyclic) bond motifs is 2. The molecular weight excluding hydrogens is 450 g/mol. The maximum Gasteiger partial charge on any atom is 0.260 e. The van der Waals surface area contributed by atoms with Gasteiger partial charge >= 0.3 is 0 Å². The minimum Gasteiger partial charge on any atom is -0.494 e. The van der Waals surface area contributed by atoms with Crippen molar-refractivity contribution in [3.8, 4) is 17.2 Å². The van der Waals surface area contributed by atoms with Gasteiger partial charge in [0.15, 0.2) is 16.6 Å². The molecule has 0 spiro atoms. The Labute approximate surface area is 205 Å². The van der Waals surface area contributed by atoms with Crippen molar-refractivity contribution in [2.45, 2.75) is 32.6 Å². The third kappa shape index (κ3) is 5.98. The smallest absolute Gasteiger partial charge is 0.260 e. The van der Waals surface area contributed by atoms with Crippen molar-refractivity contribution in [2.24, 2.45) is 0 Å². The Hall–Kier alpha value is -2.84. The molecule has 0 N–H and O–H groups in total. The first-order valence-corrected chi connectivity index (χ1v) is 12.8. The minimum atomic E-state index is -0.0624. The molecular formula is C26H33N3O4S. The Morgan fingerprint density at radius 1 is 1.03 bits per heavy atom. The number of carbonyl (C=O) groups is 1. The molecule has 0 fully saturated rings. The van der Waals surface area contributed by atoms with E-state index in [2.05, 4.69) is 11.8 Å². The summed E-state index contributed by atoms with van der Waals surface area (Å²) in [4.78, 5) is 22.2. The van der Waals surface area contributed by atoms with Crippen molar-refractivity contribution in [1.82, 2.24) is 9.88 Å². The van der Waals surface area contributed by atoms with Crippen molar-refractivity contribution in [2.75, 3.05) is 51.9 Å². The van der Waals surface area contributed by atoms with Crippen LogP contribution in [0.3, 0.4) is 0 Å². The van der Waals surface area contributed by atoms with Crippen LogP contribution in [0.1, 0.15) is 43.0 Å². The zero-order valence-corrected chi connectivity index (χ0v) is 21.0. The molecule has 1 aliphatic rings. The highest BCUT2D eigenvalue weighted by Crippen LogP contribution is 2.39. The fourth-order valence-corrected chi connectivity index (χ4v) is 4.79. The predicted octanol–water partition coefficient (Wildman–Crippen LogP) is 5.24. The zero-order valence-electron chi connectivity index (χ0n) is 20.2. The van der Waals surface area contributed by atoms with Crippen molar-refractivity contribution in [3.63, 3.8) is 0 Å². The number of ether oxygens (including phenoxy) is 3. The van der Waals surface area contributed by atoms with Crippen LogP contribution in [0.25, 0.3) is 10.2 Å². The fourth-order valence-electron chi connectivity index (χ4n) is 3.79. The number of hydrogen-bond donors (Lipinski definition) is 0. The van der Waals surface area contributed by atoms with Crippen molar-refractivity contribution < 1.29 is 19.0 Å². The van der Waals surface area contributed by atoms with Crippen LogP contribution in [0.4, 0.5) is 5.13 Å². The van der Waals surface area contributed by atoms with Gasteiger partial charge in [0.2, 0.25) is 0 Å². The van der Waals surface area contributed by atoms with E-state index in [1.54, 1.807) is 4.90 Å². The fraction of sp³-hybridized carbons (Fsp3) is 0.462. The summed E-state index contributed by atoms with van der Waals surface area (Å²) in [6.45, 7) is 5.40. The van der Waals surface area contributed by atoms with Gasteiger partial charge in [-0.15, -0.1) is 0 Å². The normalized spacial score (nSPS) is 12.8. The summed E-state index contributed by atoms with van der Waals surface area (Å²) >= 11 is 1.50. The SMILES string of the molecule is CCCCCOc1ccc(C(=O)N(CCCN(C)C)c2nc3cc4c(cc3s2)OCCO4)cc1. The molecule has 3 aromatic rings. The number of benzene rings is 2. The Morgan fingerprint density at radius 3 is 2.47 bits per heavy atom. The molecule has 0 bridgehead atoms. The maximum absolute atomic E-state index is 13.6. The molecule has 0 unspecified atom stereocenters. The monoisotopic (exact) mass is 483 g/mol. The summed E-state index contributed by atoms with van der Waals surface area (Å²) in [5, 5.41) is 0.681. The van der Waals surface area contributed by atoms with E-state index >= 15 is 0 Å². The van der Waals surface area contributed by atoms with Crippen molar-refractivity contribution >= 4 is 32.6 Å². The second-order valence-electron chi connectivity index (χ2n) is 8.65. The first-order chi connectivity index (χ1) is 16.5. The van der Waals surface area contributed by atoms with Crippen LogP contribution in [0, 0.1) is 0 Å². The van der Waals surface area contributed by atoms with Gasteiger partial charge in [0.25, 0.3) is 5.91 Å². The third-order valence-corrected chi connectivity index (χ3v) is 6.66. The van der Waals surface area contributed by atoms with Crippen LogP contribution < -0.4 is 19.1 Å². The van der Waals surface area contributed by atoms with Gasteiger partial charge in [0, 0.05) is 24.2 Å². The molecule has 1 aliphatic heterocycles. The van der Waals surface area contributed by atoms with Crippen LogP contribution >= 0.6 is 11.3 Å². The van der Waals surface area contributed by atoms with Gasteiger partial charge in [-0.05, 0) is 57.7 Å². The standard InChI is InChI=1S/C26H33N3O4S/c1-4-5-6-14-31-20-10-8-19(9-11-20)25(30)29(13-7-12-28(2)3)26-27-21-17-22-23(18-24(21)34-26)33-16-15-32-22/h8-11,17-18H,4-7,12-16H2,1-3H3. The van der Waals surface area contributed by atoms with Gasteiger partial charge in [0.1, 0.15) is 19.0 Å². The highest BCUT2D eigenvalue weighted by Gasteiger charge is 2.23. The molecule has 2 heterocycles. The number of carbonyl (C=O) groups excluding carboxylic acids is 1. The second kappa shape index (κ2) is 11.5. The number of amides is 1. The van der Waals surface area contributed by atoms with Crippen molar-refractivity contribution in [1.29, 1.82) is 0 Å². The molecule has 182 valence electrons. The number of aromatic nitrogens is 1. The van der Waals surface area contributed by atoms with Crippen LogP contribution in [0.2, 0.25) is 0 Å². The first-order valence-electron chi connectivity index (χ1n) is 11.9. The van der Waals surface area contributed by atoms with E-state index in [0.717, 1.165) is 53.9 Å². The third-order valence-electron chi connectivity index (χ3n) is 5.62. The summed E-state index contributed by atoms with van der Waals surface area (Å²) in [5.74, 6) is 2.16. The summed E-state index contributed by atoms with van der Waals surface area (Å²) in [6, 6.07) is 11.3. The lowest BCUT2D eigenvalue weighted by Crippen LogP contribution is -2.33. The molecule has 4 rings (SSSR count). The molecule has 0 radical (unpaired) electrons. The molecule has 34 heavy (non-hydrogen) atoms. The summed E-state index contributed by atoms with van der Waals surface area (Å²) in [5.41, 5.74) is 1.43. The lowest BCUT2D eigenvalue weighted by molar-refractivity contribution is 0.0986. The lowest BCUT2D eigenvalue weighted by atomic mass is 10.2. The number of rotatable bonds is 11. The molecule has 1 aromatic heterocycles. The average molecular weight is 484 g/mol. The highest BCUT2D eigenvalue weighted by molar-refractivity contribution is 7.22. The van der Waals surface area contributed by atoms with Gasteiger partial charge in [-0.2, -0.15) is 0 Å². The Balaban J connectivity index is 1.55. The molecule has 2 aromatic carbocycles. The molecule has 0 atom stereocenters.